The number of hydrogen-bond donors (Lipinski definition) is 1. The molecule has 1 N–H and O–H groups in total. The largest absolute Gasteiger partial charge is 0.376 e. The standard InChI is InChI=1S/C23H39N5O2.HI/c1-6-24-23(26(5)18-22(29)28(7-2)8-3)25-15-20-10-9-11-21(14-20)17-27-12-13-30-19(4)16-27;/h9-11,14,19H,6-8,12-13,15-18H2,1-5H3,(H,24,25);1H. The van der Waals surface area contributed by atoms with Crippen LogP contribution in [-0.2, 0) is 22.6 Å². The predicted molar refractivity (Wildman–Crippen MR) is 138 cm³/mol. The van der Waals surface area contributed by atoms with Crippen molar-refractivity contribution < 1.29 is 9.53 Å². The Morgan fingerprint density at radius 1 is 1.26 bits per heavy atom. The highest BCUT2D eigenvalue weighted by atomic mass is 127. The van der Waals surface area contributed by atoms with Gasteiger partial charge in [0.1, 0.15) is 0 Å². The average molecular weight is 546 g/mol. The first-order chi connectivity index (χ1) is 14.5. The molecule has 0 radical (unpaired) electrons. The molecule has 1 heterocycles. The van der Waals surface area contributed by atoms with Gasteiger partial charge in [0, 0.05) is 46.3 Å². The molecule has 176 valence electrons. The second kappa shape index (κ2) is 14.6. The number of nitrogens with one attached hydrogen (secondary N) is 1. The maximum absolute atomic E-state index is 12.4. The highest BCUT2D eigenvalue weighted by Crippen LogP contribution is 2.13. The van der Waals surface area contributed by atoms with Crippen molar-refractivity contribution in [2.75, 3.05) is 52.9 Å². The first kappa shape index (κ1) is 27.6. The smallest absolute Gasteiger partial charge is 0.242 e. The molecule has 1 amide bonds. The zero-order valence-electron chi connectivity index (χ0n) is 19.8. The third-order valence-corrected chi connectivity index (χ3v) is 5.32. The second-order valence-corrected chi connectivity index (χ2v) is 7.83. The van der Waals surface area contributed by atoms with Gasteiger partial charge in [-0.1, -0.05) is 24.3 Å². The Bertz CT molecular complexity index is 696. The van der Waals surface area contributed by atoms with Crippen molar-refractivity contribution in [3.05, 3.63) is 35.4 Å². The van der Waals surface area contributed by atoms with Crippen molar-refractivity contribution in [3.8, 4) is 0 Å². The molecule has 0 aliphatic carbocycles. The third-order valence-electron chi connectivity index (χ3n) is 5.32. The Kier molecular flexibility index (Phi) is 13.0. The molecule has 1 aromatic carbocycles. The Labute approximate surface area is 205 Å². The van der Waals surface area contributed by atoms with Gasteiger partial charge in [0.05, 0.1) is 25.8 Å². The van der Waals surface area contributed by atoms with Gasteiger partial charge in [-0.15, -0.1) is 24.0 Å². The summed E-state index contributed by atoms with van der Waals surface area (Å²) < 4.78 is 5.64. The molecule has 1 aliphatic heterocycles. The first-order valence-electron chi connectivity index (χ1n) is 11.2. The number of amides is 1. The molecule has 0 aromatic heterocycles. The normalized spacial score (nSPS) is 17.1. The van der Waals surface area contributed by atoms with Crippen LogP contribution in [0.3, 0.4) is 0 Å². The average Bonchev–Trinajstić information content (AvgIpc) is 2.72. The lowest BCUT2D eigenvalue weighted by Crippen LogP contribution is -2.45. The van der Waals surface area contributed by atoms with Gasteiger partial charge in [0.25, 0.3) is 0 Å². The summed E-state index contributed by atoms with van der Waals surface area (Å²) in [5, 5.41) is 3.30. The minimum Gasteiger partial charge on any atom is -0.376 e. The lowest BCUT2D eigenvalue weighted by molar-refractivity contribution is -0.131. The first-order valence-corrected chi connectivity index (χ1v) is 11.2. The number of carbonyl (C=O) groups excluding carboxylic acids is 1. The topological polar surface area (TPSA) is 60.4 Å². The number of carbonyl (C=O) groups is 1. The maximum atomic E-state index is 12.4. The van der Waals surface area contributed by atoms with Gasteiger partial charge in [0.15, 0.2) is 5.96 Å². The predicted octanol–water partition coefficient (Wildman–Crippen LogP) is 2.79. The van der Waals surface area contributed by atoms with Gasteiger partial charge in [0.2, 0.25) is 5.91 Å². The minimum absolute atomic E-state index is 0. The van der Waals surface area contributed by atoms with Gasteiger partial charge < -0.3 is 19.9 Å². The van der Waals surface area contributed by atoms with Crippen LogP contribution in [0.4, 0.5) is 0 Å². The number of guanidine groups is 1. The van der Waals surface area contributed by atoms with Crippen LogP contribution < -0.4 is 5.32 Å². The van der Waals surface area contributed by atoms with Crippen LogP contribution in [0.1, 0.15) is 38.8 Å². The summed E-state index contributed by atoms with van der Waals surface area (Å²) in [7, 11) is 1.92. The molecule has 1 saturated heterocycles. The van der Waals surface area contributed by atoms with E-state index in [1.54, 1.807) is 0 Å². The molecule has 0 bridgehead atoms. The van der Waals surface area contributed by atoms with Crippen molar-refractivity contribution in [3.63, 3.8) is 0 Å². The molecular weight excluding hydrogens is 505 g/mol. The molecule has 0 spiro atoms. The fraction of sp³-hybridized carbons (Fsp3) is 0.652. The van der Waals surface area contributed by atoms with E-state index >= 15 is 0 Å². The van der Waals surface area contributed by atoms with Crippen LogP contribution >= 0.6 is 24.0 Å². The Hall–Kier alpha value is -1.39. The maximum Gasteiger partial charge on any atom is 0.242 e. The van der Waals surface area contributed by atoms with E-state index in [2.05, 4.69) is 41.4 Å². The third kappa shape index (κ3) is 9.33. The van der Waals surface area contributed by atoms with E-state index in [9.17, 15) is 4.79 Å². The van der Waals surface area contributed by atoms with E-state index in [0.29, 0.717) is 19.2 Å². The fourth-order valence-electron chi connectivity index (χ4n) is 3.71. The van der Waals surface area contributed by atoms with E-state index in [-0.39, 0.29) is 29.9 Å². The molecule has 1 aromatic rings. The van der Waals surface area contributed by atoms with E-state index in [4.69, 9.17) is 9.73 Å². The van der Waals surface area contributed by atoms with Crippen molar-refractivity contribution in [2.45, 2.75) is 46.9 Å². The summed E-state index contributed by atoms with van der Waals surface area (Å²) in [5.74, 6) is 0.875. The van der Waals surface area contributed by atoms with Gasteiger partial charge >= 0.3 is 0 Å². The van der Waals surface area contributed by atoms with Crippen LogP contribution in [0.5, 0.6) is 0 Å². The van der Waals surface area contributed by atoms with Crippen LogP contribution in [0.25, 0.3) is 0 Å². The number of morpholine rings is 1. The summed E-state index contributed by atoms with van der Waals surface area (Å²) in [6.07, 6.45) is 0.295. The molecule has 1 atom stereocenters. The lowest BCUT2D eigenvalue weighted by atomic mass is 10.1. The van der Waals surface area contributed by atoms with Crippen molar-refractivity contribution in [1.82, 2.24) is 20.0 Å². The van der Waals surface area contributed by atoms with Crippen molar-refractivity contribution in [1.29, 1.82) is 0 Å². The highest BCUT2D eigenvalue weighted by molar-refractivity contribution is 14.0. The summed E-state index contributed by atoms with van der Waals surface area (Å²) in [4.78, 5) is 23.4. The van der Waals surface area contributed by atoms with Gasteiger partial charge in [-0.25, -0.2) is 4.99 Å². The molecule has 8 heteroatoms. The van der Waals surface area contributed by atoms with E-state index in [1.807, 2.05) is 37.6 Å². The van der Waals surface area contributed by atoms with Gasteiger partial charge in [-0.2, -0.15) is 0 Å². The van der Waals surface area contributed by atoms with Gasteiger partial charge in [-0.3, -0.25) is 9.69 Å². The van der Waals surface area contributed by atoms with Crippen molar-refractivity contribution >= 4 is 35.8 Å². The Morgan fingerprint density at radius 2 is 1.97 bits per heavy atom. The minimum atomic E-state index is 0. The molecule has 2 rings (SSSR count). The number of rotatable bonds is 9. The summed E-state index contributed by atoms with van der Waals surface area (Å²) >= 11 is 0. The number of halogens is 1. The quantitative estimate of drug-likeness (QED) is 0.294. The molecule has 1 unspecified atom stereocenters. The summed E-state index contributed by atoms with van der Waals surface area (Å²) in [6, 6.07) is 8.62. The fourth-order valence-corrected chi connectivity index (χ4v) is 3.71. The number of ether oxygens (including phenoxy) is 1. The highest BCUT2D eigenvalue weighted by Gasteiger charge is 2.17. The molecule has 1 aliphatic rings. The van der Waals surface area contributed by atoms with Crippen LogP contribution in [0.15, 0.2) is 29.3 Å². The monoisotopic (exact) mass is 545 g/mol. The van der Waals surface area contributed by atoms with Gasteiger partial charge in [-0.05, 0) is 38.8 Å². The zero-order valence-corrected chi connectivity index (χ0v) is 22.1. The molecule has 1 fully saturated rings. The Morgan fingerprint density at radius 3 is 2.61 bits per heavy atom. The molecular formula is C23H40IN5O2. The van der Waals surface area contributed by atoms with Crippen LogP contribution in [-0.4, -0.2) is 85.6 Å². The number of hydrogen-bond acceptors (Lipinski definition) is 4. The zero-order chi connectivity index (χ0) is 21.9. The molecule has 7 nitrogen and oxygen atoms in total. The number of likely N-dealkylation sites (N-methyl/N-ethyl adjacent to an activating group) is 2. The lowest BCUT2D eigenvalue weighted by Gasteiger charge is -2.31. The number of benzene rings is 1. The summed E-state index contributed by atoms with van der Waals surface area (Å²) in [5.41, 5.74) is 2.47. The molecule has 31 heavy (non-hydrogen) atoms. The van der Waals surface area contributed by atoms with E-state index < -0.39 is 0 Å². The SMILES string of the molecule is CCNC(=NCc1cccc(CN2CCOC(C)C2)c1)N(C)CC(=O)N(CC)CC.I. The van der Waals surface area contributed by atoms with E-state index in [0.717, 1.165) is 51.8 Å². The molecule has 0 saturated carbocycles. The van der Waals surface area contributed by atoms with Crippen LogP contribution in [0.2, 0.25) is 0 Å². The number of aliphatic imine (C=N–C) groups is 1. The Balaban J connectivity index is 0.00000480. The number of nitrogens with zero attached hydrogens (tertiary/aromatic N) is 4. The van der Waals surface area contributed by atoms with Crippen LogP contribution in [0, 0.1) is 0 Å². The summed E-state index contributed by atoms with van der Waals surface area (Å²) in [6.45, 7) is 15.0. The second-order valence-electron chi connectivity index (χ2n) is 7.83. The van der Waals surface area contributed by atoms with Crippen molar-refractivity contribution in [2.24, 2.45) is 4.99 Å². The van der Waals surface area contributed by atoms with E-state index in [1.165, 1.54) is 11.1 Å².